The first-order chi connectivity index (χ1) is 17.5. The van der Waals surface area contributed by atoms with E-state index in [0.717, 1.165) is 6.20 Å². The second-order valence-corrected chi connectivity index (χ2v) is 10.7. The van der Waals surface area contributed by atoms with Gasteiger partial charge in [-0.3, -0.25) is 15.1 Å². The first-order valence-corrected chi connectivity index (χ1v) is 12.5. The van der Waals surface area contributed by atoms with Crippen LogP contribution in [0.2, 0.25) is 0 Å². The predicted octanol–water partition coefficient (Wildman–Crippen LogP) is 3.73. The monoisotopic (exact) mass is 570 g/mol. The number of nitrogens with one attached hydrogen (secondary N) is 2. The minimum Gasteiger partial charge on any atom is -0.336 e. The van der Waals surface area contributed by atoms with Gasteiger partial charge in [0.05, 0.1) is 23.1 Å². The van der Waals surface area contributed by atoms with Crippen LogP contribution in [-0.4, -0.2) is 42.8 Å². The third kappa shape index (κ3) is 7.16. The lowest BCUT2D eigenvalue weighted by atomic mass is 10.0. The number of amides is 1. The number of sulfone groups is 1. The minimum atomic E-state index is -5.33. The number of benzene rings is 1. The summed E-state index contributed by atoms with van der Waals surface area (Å²) in [6.45, 7) is 0. The molecule has 3 rings (SSSR count). The number of hydrogen-bond donors (Lipinski definition) is 2. The molecule has 1 aromatic heterocycles. The van der Waals surface area contributed by atoms with Gasteiger partial charge in [0.1, 0.15) is 29.3 Å². The topological polar surface area (TPSA) is 112 Å². The Hall–Kier alpha value is -3.32. The van der Waals surface area contributed by atoms with E-state index in [4.69, 9.17) is 0 Å². The summed E-state index contributed by atoms with van der Waals surface area (Å²) in [5.74, 6) is -7.03. The van der Waals surface area contributed by atoms with Crippen molar-refractivity contribution in [2.75, 3.05) is 5.75 Å². The summed E-state index contributed by atoms with van der Waals surface area (Å²) < 4.78 is 135. The number of carbonyl (C=O) groups excluding carboxylic acids is 1. The molecule has 1 aromatic carbocycles. The highest BCUT2D eigenvalue weighted by molar-refractivity contribution is 7.90. The average Bonchev–Trinajstić information content (AvgIpc) is 3.55. The van der Waals surface area contributed by atoms with Crippen LogP contribution in [0.1, 0.15) is 35.6 Å². The van der Waals surface area contributed by atoms with Crippen molar-refractivity contribution in [3.63, 3.8) is 0 Å². The zero-order valence-electron chi connectivity index (χ0n) is 19.0. The molecule has 0 spiro atoms. The Labute approximate surface area is 210 Å². The van der Waals surface area contributed by atoms with Gasteiger partial charge in [0.2, 0.25) is 5.91 Å². The summed E-state index contributed by atoms with van der Waals surface area (Å²) in [5, 5.41) is 13.0. The third-order valence-corrected chi connectivity index (χ3v) is 7.21. The Bertz CT molecular complexity index is 1350. The molecule has 1 aliphatic rings. The second-order valence-electron chi connectivity index (χ2n) is 8.63. The molecule has 7 nitrogen and oxygen atoms in total. The minimum absolute atomic E-state index is 0.120. The van der Waals surface area contributed by atoms with Gasteiger partial charge in [-0.05, 0) is 30.5 Å². The number of nitriles is 1. The fourth-order valence-corrected chi connectivity index (χ4v) is 5.16. The van der Waals surface area contributed by atoms with E-state index in [1.54, 1.807) is 11.4 Å². The molecule has 0 bridgehead atoms. The quantitative estimate of drug-likeness (QED) is 0.445. The molecular formula is C22H18F8N4O3S. The lowest BCUT2D eigenvalue weighted by Crippen LogP contribution is -2.54. The Balaban J connectivity index is 1.97. The maximum atomic E-state index is 14.2. The Kier molecular flexibility index (Phi) is 8.04. The van der Waals surface area contributed by atoms with Crippen molar-refractivity contribution >= 4 is 15.7 Å². The molecular weight excluding hydrogens is 552 g/mol. The van der Waals surface area contributed by atoms with Crippen molar-refractivity contribution in [3.8, 4) is 6.07 Å². The van der Waals surface area contributed by atoms with E-state index in [1.807, 2.05) is 0 Å². The number of alkyl halides is 6. The highest BCUT2D eigenvalue weighted by Crippen LogP contribution is 2.37. The van der Waals surface area contributed by atoms with E-state index in [9.17, 15) is 53.6 Å². The molecule has 38 heavy (non-hydrogen) atoms. The summed E-state index contributed by atoms with van der Waals surface area (Å²) >= 11 is 0. The van der Waals surface area contributed by atoms with Crippen molar-refractivity contribution in [2.45, 2.75) is 48.6 Å². The van der Waals surface area contributed by atoms with E-state index >= 15 is 0 Å². The van der Waals surface area contributed by atoms with Crippen LogP contribution in [0, 0.1) is 23.0 Å². The molecule has 2 atom stereocenters. The summed E-state index contributed by atoms with van der Waals surface area (Å²) in [6, 6.07) is -1.97. The van der Waals surface area contributed by atoms with Crippen LogP contribution in [0.15, 0.2) is 36.7 Å². The molecule has 1 aliphatic carbocycles. The normalized spacial score (nSPS) is 16.8. The molecule has 206 valence electrons. The van der Waals surface area contributed by atoms with Gasteiger partial charge in [-0.15, -0.1) is 0 Å². The average molecular weight is 570 g/mol. The molecule has 1 fully saturated rings. The molecule has 2 N–H and O–H groups in total. The predicted molar refractivity (Wildman–Crippen MR) is 115 cm³/mol. The first-order valence-electron chi connectivity index (χ1n) is 10.7. The van der Waals surface area contributed by atoms with Crippen molar-refractivity contribution in [1.29, 1.82) is 5.26 Å². The smallest absolute Gasteiger partial charge is 0.336 e. The molecule has 1 amide bonds. The second kappa shape index (κ2) is 10.4. The fraction of sp³-hybridized carbons (Fsp3) is 0.409. The van der Waals surface area contributed by atoms with Crippen LogP contribution in [0.5, 0.6) is 0 Å². The van der Waals surface area contributed by atoms with Crippen LogP contribution in [0.25, 0.3) is 0 Å². The van der Waals surface area contributed by atoms with Gasteiger partial charge in [-0.25, -0.2) is 17.2 Å². The van der Waals surface area contributed by atoms with Crippen molar-refractivity contribution < 1.29 is 48.3 Å². The number of carbonyl (C=O) groups is 1. The van der Waals surface area contributed by atoms with Crippen molar-refractivity contribution in [3.05, 3.63) is 65.0 Å². The molecule has 0 radical (unpaired) electrons. The summed E-state index contributed by atoms with van der Waals surface area (Å²) in [6.07, 6.45) is -8.69. The van der Waals surface area contributed by atoms with Gasteiger partial charge in [0.25, 0.3) is 0 Å². The summed E-state index contributed by atoms with van der Waals surface area (Å²) in [5.41, 5.74) is -4.79. The number of halogens is 8. The molecule has 2 aromatic rings. The van der Waals surface area contributed by atoms with Crippen LogP contribution >= 0.6 is 0 Å². The van der Waals surface area contributed by atoms with Gasteiger partial charge in [0, 0.05) is 24.0 Å². The van der Waals surface area contributed by atoms with E-state index in [2.05, 4.69) is 10.3 Å². The maximum absolute atomic E-state index is 14.2. The molecule has 1 unspecified atom stereocenters. The van der Waals surface area contributed by atoms with Crippen LogP contribution < -0.4 is 10.6 Å². The number of aromatic nitrogens is 1. The van der Waals surface area contributed by atoms with Crippen LogP contribution in [-0.2, 0) is 26.6 Å². The SMILES string of the molecule is N#CC1(NC(=O)C(CS(=O)(=O)Cc2cnccc2C(F)(F)F)N[C@H](c2ccc(F)cc2F)C(F)(F)F)CC1. The third-order valence-electron chi connectivity index (χ3n) is 5.62. The number of pyridine rings is 1. The van der Waals surface area contributed by atoms with Crippen molar-refractivity contribution in [2.24, 2.45) is 0 Å². The highest BCUT2D eigenvalue weighted by Gasteiger charge is 2.49. The first kappa shape index (κ1) is 29.2. The lowest BCUT2D eigenvalue weighted by molar-refractivity contribution is -0.161. The van der Waals surface area contributed by atoms with Gasteiger partial charge >= 0.3 is 12.4 Å². The van der Waals surface area contributed by atoms with Crippen molar-refractivity contribution in [1.82, 2.24) is 15.6 Å². The highest BCUT2D eigenvalue weighted by atomic mass is 32.2. The molecule has 16 heteroatoms. The van der Waals surface area contributed by atoms with Crippen LogP contribution in [0.3, 0.4) is 0 Å². The number of rotatable bonds is 9. The summed E-state index contributed by atoms with van der Waals surface area (Å²) in [7, 11) is -4.76. The zero-order valence-corrected chi connectivity index (χ0v) is 19.8. The fourth-order valence-electron chi connectivity index (χ4n) is 3.58. The molecule has 0 saturated heterocycles. The van der Waals surface area contributed by atoms with Crippen LogP contribution in [0.4, 0.5) is 35.1 Å². The van der Waals surface area contributed by atoms with Gasteiger partial charge in [0.15, 0.2) is 9.84 Å². The molecule has 1 saturated carbocycles. The summed E-state index contributed by atoms with van der Waals surface area (Å²) in [4.78, 5) is 16.3. The zero-order chi connectivity index (χ0) is 28.5. The van der Waals surface area contributed by atoms with E-state index < -0.39 is 85.6 Å². The van der Waals surface area contributed by atoms with Gasteiger partial charge < -0.3 is 5.32 Å². The maximum Gasteiger partial charge on any atom is 0.416 e. The lowest BCUT2D eigenvalue weighted by Gasteiger charge is -2.28. The van der Waals surface area contributed by atoms with Gasteiger partial charge in [-0.2, -0.15) is 31.6 Å². The number of nitrogens with zero attached hydrogens (tertiary/aromatic N) is 2. The van der Waals surface area contributed by atoms with E-state index in [0.29, 0.717) is 24.4 Å². The Morgan fingerprint density at radius 3 is 2.32 bits per heavy atom. The largest absolute Gasteiger partial charge is 0.416 e. The standard InChI is InChI=1S/C22H18F8N4O3S/c23-13-1-2-14(16(24)7-13)18(22(28,29)30)33-17(19(35)34-20(11-31)4-5-20)10-38(36,37)9-12-8-32-6-3-15(12)21(25,26)27/h1-3,6-8,17-18,33H,4-5,9-10H2,(H,34,35)/t17?,18-/m1/s1. The molecule has 1 heterocycles. The van der Waals surface area contributed by atoms with Gasteiger partial charge in [-0.1, -0.05) is 6.07 Å². The number of hydrogen-bond acceptors (Lipinski definition) is 6. The molecule has 0 aliphatic heterocycles. The van der Waals surface area contributed by atoms with E-state index in [-0.39, 0.29) is 18.9 Å². The Morgan fingerprint density at radius 2 is 1.79 bits per heavy atom. The van der Waals surface area contributed by atoms with E-state index in [1.165, 1.54) is 0 Å². The Morgan fingerprint density at radius 1 is 1.13 bits per heavy atom.